The van der Waals surface area contributed by atoms with Crippen LogP contribution in [-0.2, 0) is 13.0 Å². The molecule has 108 valence electrons. The first-order valence-electron chi connectivity index (χ1n) is 6.76. The molecular formula is C15H19BrN2OS. The molecule has 0 aliphatic rings. The number of aliphatic hydroxyl groups excluding tert-OH is 1. The van der Waals surface area contributed by atoms with E-state index in [9.17, 15) is 5.11 Å². The molecule has 2 aromatic rings. The molecule has 0 aliphatic heterocycles. The van der Waals surface area contributed by atoms with Crippen LogP contribution in [0, 0.1) is 0 Å². The quantitative estimate of drug-likeness (QED) is 0.769. The Kier molecular flexibility index (Phi) is 6.13. The van der Waals surface area contributed by atoms with Crippen molar-refractivity contribution >= 4 is 27.7 Å². The predicted octanol–water partition coefficient (Wildman–Crippen LogP) is 3.75. The molecule has 2 rings (SSSR count). The lowest BCUT2D eigenvalue weighted by atomic mass is 10.2. The summed E-state index contributed by atoms with van der Waals surface area (Å²) >= 11 is 5.18. The van der Waals surface area contributed by atoms with Gasteiger partial charge in [0.15, 0.2) is 0 Å². The van der Waals surface area contributed by atoms with Crippen molar-refractivity contribution in [3.05, 3.63) is 47.0 Å². The smallest absolute Gasteiger partial charge is 0.111 e. The zero-order valence-corrected chi connectivity index (χ0v) is 13.9. The first-order chi connectivity index (χ1) is 9.70. The number of rotatable bonds is 7. The van der Waals surface area contributed by atoms with Crippen molar-refractivity contribution in [3.63, 3.8) is 0 Å². The van der Waals surface area contributed by atoms with Crippen LogP contribution in [0.5, 0.6) is 0 Å². The molecule has 0 radical (unpaired) electrons. The minimum absolute atomic E-state index is 0.384. The Balaban J connectivity index is 1.88. The highest BCUT2D eigenvalue weighted by molar-refractivity contribution is 9.10. The van der Waals surface area contributed by atoms with Crippen LogP contribution in [-0.4, -0.2) is 26.5 Å². The van der Waals surface area contributed by atoms with Crippen LogP contribution < -0.4 is 0 Å². The Morgan fingerprint density at radius 3 is 2.95 bits per heavy atom. The molecule has 3 nitrogen and oxygen atoms in total. The van der Waals surface area contributed by atoms with E-state index in [-0.39, 0.29) is 6.10 Å². The minimum atomic E-state index is -0.384. The molecule has 0 aliphatic carbocycles. The van der Waals surface area contributed by atoms with Crippen molar-refractivity contribution in [1.82, 2.24) is 9.55 Å². The van der Waals surface area contributed by atoms with Gasteiger partial charge in [0, 0.05) is 40.5 Å². The van der Waals surface area contributed by atoms with Gasteiger partial charge in [0.25, 0.3) is 0 Å². The van der Waals surface area contributed by atoms with Crippen molar-refractivity contribution in [2.24, 2.45) is 0 Å². The highest BCUT2D eigenvalue weighted by Gasteiger charge is 2.11. The molecule has 1 N–H and O–H groups in total. The van der Waals surface area contributed by atoms with Gasteiger partial charge in [-0.3, -0.25) is 0 Å². The number of aromatic nitrogens is 2. The monoisotopic (exact) mass is 354 g/mol. The van der Waals surface area contributed by atoms with Crippen molar-refractivity contribution in [1.29, 1.82) is 0 Å². The lowest BCUT2D eigenvalue weighted by Crippen LogP contribution is -2.17. The Morgan fingerprint density at radius 2 is 2.20 bits per heavy atom. The second kappa shape index (κ2) is 7.86. The third-order valence-corrected chi connectivity index (χ3v) is 5.12. The van der Waals surface area contributed by atoms with E-state index >= 15 is 0 Å². The van der Waals surface area contributed by atoms with E-state index in [1.807, 2.05) is 24.4 Å². The van der Waals surface area contributed by atoms with Gasteiger partial charge in [0.2, 0.25) is 0 Å². The normalized spacial score (nSPS) is 12.6. The van der Waals surface area contributed by atoms with E-state index in [0.717, 1.165) is 28.2 Å². The standard InChI is InChI=1S/C15H19BrN2OS/c1-2-8-18-9-7-17-15(18)10-12(19)11-20-14-6-4-3-5-13(14)16/h3-7,9,12,19H,2,8,10-11H2,1H3. The molecule has 1 heterocycles. The van der Waals surface area contributed by atoms with E-state index in [0.29, 0.717) is 12.2 Å². The molecule has 5 heteroatoms. The number of aliphatic hydroxyl groups is 1. The molecular weight excluding hydrogens is 336 g/mol. The van der Waals surface area contributed by atoms with E-state index < -0.39 is 0 Å². The molecule has 0 saturated heterocycles. The van der Waals surface area contributed by atoms with Crippen molar-refractivity contribution in [2.45, 2.75) is 37.3 Å². The fourth-order valence-corrected chi connectivity index (χ4v) is 3.49. The van der Waals surface area contributed by atoms with Gasteiger partial charge < -0.3 is 9.67 Å². The fraction of sp³-hybridized carbons (Fsp3) is 0.400. The fourth-order valence-electron chi connectivity index (χ4n) is 1.99. The number of halogens is 1. The summed E-state index contributed by atoms with van der Waals surface area (Å²) in [7, 11) is 0. The van der Waals surface area contributed by atoms with Gasteiger partial charge in [-0.2, -0.15) is 0 Å². The molecule has 20 heavy (non-hydrogen) atoms. The first kappa shape index (κ1) is 15.6. The minimum Gasteiger partial charge on any atom is -0.392 e. The summed E-state index contributed by atoms with van der Waals surface area (Å²) in [4.78, 5) is 5.49. The first-order valence-corrected chi connectivity index (χ1v) is 8.54. The average molecular weight is 355 g/mol. The summed E-state index contributed by atoms with van der Waals surface area (Å²) in [5.41, 5.74) is 0. The SMILES string of the molecule is CCCn1ccnc1CC(O)CSc1ccccc1Br. The lowest BCUT2D eigenvalue weighted by molar-refractivity contribution is 0.196. The Bertz CT molecular complexity index is 544. The highest BCUT2D eigenvalue weighted by Crippen LogP contribution is 2.27. The molecule has 0 amide bonds. The van der Waals surface area contributed by atoms with Crippen LogP contribution in [0.1, 0.15) is 19.2 Å². The number of imidazole rings is 1. The van der Waals surface area contributed by atoms with Crippen molar-refractivity contribution in [2.75, 3.05) is 5.75 Å². The van der Waals surface area contributed by atoms with Gasteiger partial charge in [-0.25, -0.2) is 4.98 Å². The number of benzene rings is 1. The summed E-state index contributed by atoms with van der Waals surface area (Å²) in [6.45, 7) is 3.10. The second-order valence-corrected chi connectivity index (χ2v) is 6.55. The van der Waals surface area contributed by atoms with Gasteiger partial charge in [-0.15, -0.1) is 11.8 Å². The van der Waals surface area contributed by atoms with Gasteiger partial charge in [0.05, 0.1) is 6.10 Å². The van der Waals surface area contributed by atoms with Crippen LogP contribution >= 0.6 is 27.7 Å². The van der Waals surface area contributed by atoms with Gasteiger partial charge >= 0.3 is 0 Å². The number of hydrogen-bond acceptors (Lipinski definition) is 3. The maximum absolute atomic E-state index is 10.2. The van der Waals surface area contributed by atoms with E-state index in [1.54, 1.807) is 18.0 Å². The summed E-state index contributed by atoms with van der Waals surface area (Å²) < 4.78 is 3.19. The van der Waals surface area contributed by atoms with Crippen LogP contribution in [0.15, 0.2) is 46.0 Å². The maximum Gasteiger partial charge on any atom is 0.111 e. The molecule has 1 aromatic carbocycles. The Morgan fingerprint density at radius 1 is 1.40 bits per heavy atom. The Hall–Kier alpha value is -0.780. The van der Waals surface area contributed by atoms with Crippen LogP contribution in [0.25, 0.3) is 0 Å². The summed E-state index contributed by atoms with van der Waals surface area (Å²) in [5, 5.41) is 10.2. The average Bonchev–Trinajstić information content (AvgIpc) is 2.86. The zero-order chi connectivity index (χ0) is 14.4. The Labute approximate surface area is 132 Å². The van der Waals surface area contributed by atoms with Gasteiger partial charge in [-0.1, -0.05) is 19.1 Å². The molecule has 0 fully saturated rings. The van der Waals surface area contributed by atoms with Crippen molar-refractivity contribution < 1.29 is 5.11 Å². The molecule has 1 atom stereocenters. The molecule has 1 unspecified atom stereocenters. The summed E-state index contributed by atoms with van der Waals surface area (Å²) in [6, 6.07) is 8.07. The second-order valence-electron chi connectivity index (χ2n) is 4.64. The molecule has 1 aromatic heterocycles. The third kappa shape index (κ3) is 4.36. The largest absolute Gasteiger partial charge is 0.392 e. The van der Waals surface area contributed by atoms with E-state index in [4.69, 9.17) is 0 Å². The molecule has 0 saturated carbocycles. The van der Waals surface area contributed by atoms with E-state index in [2.05, 4.69) is 38.5 Å². The predicted molar refractivity (Wildman–Crippen MR) is 87.1 cm³/mol. The third-order valence-electron chi connectivity index (χ3n) is 2.95. The summed E-state index contributed by atoms with van der Waals surface area (Å²) in [5.74, 6) is 1.63. The van der Waals surface area contributed by atoms with Crippen molar-refractivity contribution in [3.8, 4) is 0 Å². The van der Waals surface area contributed by atoms with Gasteiger partial charge in [-0.05, 0) is 34.5 Å². The summed E-state index contributed by atoms with van der Waals surface area (Å²) in [6.07, 6.45) is 5.07. The van der Waals surface area contributed by atoms with Crippen LogP contribution in [0.2, 0.25) is 0 Å². The van der Waals surface area contributed by atoms with E-state index in [1.165, 1.54) is 0 Å². The number of hydrogen-bond donors (Lipinski definition) is 1. The highest BCUT2D eigenvalue weighted by atomic mass is 79.9. The van der Waals surface area contributed by atoms with Crippen LogP contribution in [0.3, 0.4) is 0 Å². The van der Waals surface area contributed by atoms with Gasteiger partial charge in [0.1, 0.15) is 5.82 Å². The maximum atomic E-state index is 10.2. The topological polar surface area (TPSA) is 38.0 Å². The number of nitrogens with zero attached hydrogens (tertiary/aromatic N) is 2. The van der Waals surface area contributed by atoms with Crippen LogP contribution in [0.4, 0.5) is 0 Å². The zero-order valence-electron chi connectivity index (χ0n) is 11.5. The lowest BCUT2D eigenvalue weighted by Gasteiger charge is -2.12. The molecule has 0 spiro atoms. The number of thioether (sulfide) groups is 1. The number of aryl methyl sites for hydroxylation is 1. The molecule has 0 bridgehead atoms.